The molecule has 1 aliphatic carbocycles. The number of nitrogens with zero attached hydrogens (tertiary/aromatic N) is 2. The molecular weight excluding hydrogens is 435 g/mol. The Hall–Kier alpha value is -2.15. The van der Waals surface area contributed by atoms with Crippen LogP contribution in [0.2, 0.25) is 0 Å². The van der Waals surface area contributed by atoms with Gasteiger partial charge in [0.1, 0.15) is 0 Å². The summed E-state index contributed by atoms with van der Waals surface area (Å²) in [5, 5.41) is 5.58. The number of aromatic nitrogens is 1. The zero-order chi connectivity index (χ0) is 17.1. The van der Waals surface area contributed by atoms with E-state index >= 15 is 0 Å². The van der Waals surface area contributed by atoms with Crippen LogP contribution in [-0.2, 0) is 19.4 Å². The molecule has 0 unspecified atom stereocenters. The maximum absolute atomic E-state index is 6.14. The van der Waals surface area contributed by atoms with Crippen LogP contribution in [0.25, 0.3) is 10.8 Å². The highest BCUT2D eigenvalue weighted by atomic mass is 127. The summed E-state index contributed by atoms with van der Waals surface area (Å²) in [5.41, 5.74) is 11.0. The minimum absolute atomic E-state index is 0. The van der Waals surface area contributed by atoms with E-state index in [0.717, 1.165) is 29.6 Å². The van der Waals surface area contributed by atoms with Crippen LogP contribution in [-0.4, -0.2) is 10.9 Å². The summed E-state index contributed by atoms with van der Waals surface area (Å²) in [5.74, 6) is 0.439. The van der Waals surface area contributed by atoms with Crippen molar-refractivity contribution in [1.29, 1.82) is 0 Å². The second-order valence-corrected chi connectivity index (χ2v) is 6.46. The summed E-state index contributed by atoms with van der Waals surface area (Å²) in [7, 11) is 0. The molecule has 1 aromatic heterocycles. The van der Waals surface area contributed by atoms with Gasteiger partial charge in [-0.15, -0.1) is 24.0 Å². The fourth-order valence-corrected chi connectivity index (χ4v) is 3.54. The third-order valence-corrected chi connectivity index (χ3v) is 4.81. The van der Waals surface area contributed by atoms with Gasteiger partial charge >= 0.3 is 0 Å². The molecule has 0 aliphatic heterocycles. The topological polar surface area (TPSA) is 63.3 Å². The summed E-state index contributed by atoms with van der Waals surface area (Å²) < 4.78 is 0. The third-order valence-electron chi connectivity index (χ3n) is 4.81. The molecule has 4 nitrogen and oxygen atoms in total. The van der Waals surface area contributed by atoms with Gasteiger partial charge in [-0.1, -0.05) is 36.4 Å². The van der Waals surface area contributed by atoms with Crippen LogP contribution < -0.4 is 11.1 Å². The third kappa shape index (κ3) is 3.98. The van der Waals surface area contributed by atoms with Gasteiger partial charge in [0, 0.05) is 17.3 Å². The maximum Gasteiger partial charge on any atom is 0.193 e. The summed E-state index contributed by atoms with van der Waals surface area (Å²) in [6, 6.07) is 16.6. The van der Waals surface area contributed by atoms with Crippen molar-refractivity contribution in [1.82, 2.24) is 4.98 Å². The number of benzene rings is 2. The molecule has 1 aliphatic rings. The Bertz CT molecular complexity index is 931. The van der Waals surface area contributed by atoms with Gasteiger partial charge in [-0.3, -0.25) is 4.98 Å². The van der Waals surface area contributed by atoms with E-state index in [0.29, 0.717) is 12.5 Å². The Morgan fingerprint density at radius 1 is 1.04 bits per heavy atom. The lowest BCUT2D eigenvalue weighted by Crippen LogP contribution is -2.24. The highest BCUT2D eigenvalue weighted by molar-refractivity contribution is 14.0. The van der Waals surface area contributed by atoms with Crippen molar-refractivity contribution in [2.45, 2.75) is 32.2 Å². The van der Waals surface area contributed by atoms with Crippen LogP contribution in [0.5, 0.6) is 0 Å². The Balaban J connectivity index is 0.00000196. The number of hydrogen-bond donors (Lipinski definition) is 2. The maximum atomic E-state index is 6.14. The van der Waals surface area contributed by atoms with Crippen molar-refractivity contribution in [3.05, 3.63) is 71.5 Å². The molecule has 0 atom stereocenters. The van der Waals surface area contributed by atoms with Gasteiger partial charge in [-0.2, -0.15) is 0 Å². The number of anilines is 1. The lowest BCUT2D eigenvalue weighted by atomic mass is 9.90. The highest BCUT2D eigenvalue weighted by Crippen LogP contribution is 2.27. The molecule has 1 heterocycles. The summed E-state index contributed by atoms with van der Waals surface area (Å²) in [6.07, 6.45) is 6.60. The van der Waals surface area contributed by atoms with E-state index in [1.54, 1.807) is 0 Å². The minimum atomic E-state index is 0. The van der Waals surface area contributed by atoms with Crippen LogP contribution in [0.15, 0.2) is 59.7 Å². The number of guanidine groups is 1. The van der Waals surface area contributed by atoms with Crippen molar-refractivity contribution in [3.63, 3.8) is 0 Å². The average molecular weight is 458 g/mol. The minimum Gasteiger partial charge on any atom is -0.370 e. The lowest BCUT2D eigenvalue weighted by Gasteiger charge is -2.19. The molecular formula is C21H23IN4. The SMILES string of the molecule is I.NC(=NCc1nccc2ccccc12)Nc1cccc2c1CCCC2. The summed E-state index contributed by atoms with van der Waals surface area (Å²) >= 11 is 0. The largest absolute Gasteiger partial charge is 0.370 e. The number of aryl methyl sites for hydroxylation is 1. The molecule has 3 aromatic rings. The molecule has 26 heavy (non-hydrogen) atoms. The van der Waals surface area contributed by atoms with E-state index in [-0.39, 0.29) is 24.0 Å². The first-order chi connectivity index (χ1) is 12.3. The van der Waals surface area contributed by atoms with Crippen molar-refractivity contribution in [2.75, 3.05) is 5.32 Å². The van der Waals surface area contributed by atoms with Crippen LogP contribution in [0.3, 0.4) is 0 Å². The summed E-state index contributed by atoms with van der Waals surface area (Å²) in [4.78, 5) is 8.98. The molecule has 0 amide bonds. The molecule has 134 valence electrons. The van der Waals surface area contributed by atoms with Gasteiger partial charge in [-0.05, 0) is 54.3 Å². The Morgan fingerprint density at radius 2 is 1.88 bits per heavy atom. The average Bonchev–Trinajstić information content (AvgIpc) is 2.66. The first-order valence-electron chi connectivity index (χ1n) is 8.81. The number of fused-ring (bicyclic) bond motifs is 2. The van der Waals surface area contributed by atoms with E-state index < -0.39 is 0 Å². The van der Waals surface area contributed by atoms with Gasteiger partial charge in [0.15, 0.2) is 5.96 Å². The highest BCUT2D eigenvalue weighted by Gasteiger charge is 2.13. The monoisotopic (exact) mass is 458 g/mol. The van der Waals surface area contributed by atoms with E-state index in [1.807, 2.05) is 24.4 Å². The van der Waals surface area contributed by atoms with E-state index in [1.165, 1.54) is 29.4 Å². The van der Waals surface area contributed by atoms with Crippen molar-refractivity contribution >= 4 is 46.4 Å². The van der Waals surface area contributed by atoms with Crippen molar-refractivity contribution in [2.24, 2.45) is 10.7 Å². The Kier molecular flexibility index (Phi) is 6.08. The second-order valence-electron chi connectivity index (χ2n) is 6.46. The molecule has 0 radical (unpaired) electrons. The molecule has 4 rings (SSSR count). The molecule has 0 bridgehead atoms. The first-order valence-corrected chi connectivity index (χ1v) is 8.81. The van der Waals surface area contributed by atoms with Crippen LogP contribution >= 0.6 is 24.0 Å². The summed E-state index contributed by atoms with van der Waals surface area (Å²) in [6.45, 7) is 0.467. The molecule has 3 N–H and O–H groups in total. The zero-order valence-electron chi connectivity index (χ0n) is 14.6. The van der Waals surface area contributed by atoms with Crippen molar-refractivity contribution in [3.8, 4) is 0 Å². The molecule has 5 heteroatoms. The molecule has 0 saturated heterocycles. The van der Waals surface area contributed by atoms with E-state index in [4.69, 9.17) is 5.73 Å². The van der Waals surface area contributed by atoms with Crippen LogP contribution in [0.1, 0.15) is 29.7 Å². The van der Waals surface area contributed by atoms with Gasteiger partial charge in [0.2, 0.25) is 0 Å². The number of pyridine rings is 1. The quantitative estimate of drug-likeness (QED) is 0.341. The number of nitrogens with two attached hydrogens (primary N) is 1. The number of nitrogens with one attached hydrogen (secondary N) is 1. The van der Waals surface area contributed by atoms with E-state index in [2.05, 4.69) is 45.6 Å². The standard InChI is InChI=1S/C21H22N4.HI/c22-21(25-19-11-5-8-15-6-1-3-9-17(15)19)24-14-20-18-10-4-2-7-16(18)12-13-23-20;/h2,4-5,7-8,10-13H,1,3,6,9,14H2,(H3,22,24,25);1H. The van der Waals surface area contributed by atoms with Gasteiger partial charge < -0.3 is 11.1 Å². The predicted molar refractivity (Wildman–Crippen MR) is 119 cm³/mol. The fraction of sp³-hybridized carbons (Fsp3) is 0.238. The zero-order valence-corrected chi connectivity index (χ0v) is 16.9. The van der Waals surface area contributed by atoms with Gasteiger partial charge in [0.25, 0.3) is 0 Å². The number of halogens is 1. The van der Waals surface area contributed by atoms with E-state index in [9.17, 15) is 0 Å². The molecule has 0 fully saturated rings. The smallest absolute Gasteiger partial charge is 0.193 e. The molecule has 0 spiro atoms. The fourth-order valence-electron chi connectivity index (χ4n) is 3.54. The molecule has 0 saturated carbocycles. The normalized spacial score (nSPS) is 13.8. The van der Waals surface area contributed by atoms with Crippen LogP contribution in [0.4, 0.5) is 5.69 Å². The number of hydrogen-bond acceptors (Lipinski definition) is 2. The molecule has 2 aromatic carbocycles. The lowest BCUT2D eigenvalue weighted by molar-refractivity contribution is 0.687. The number of rotatable bonds is 3. The number of aliphatic imine (C=N–C) groups is 1. The Labute approximate surface area is 171 Å². The van der Waals surface area contributed by atoms with Gasteiger partial charge in [0.05, 0.1) is 12.2 Å². The first kappa shape index (κ1) is 18.6. The predicted octanol–water partition coefficient (Wildman–Crippen LogP) is 4.66. The van der Waals surface area contributed by atoms with Crippen LogP contribution in [0, 0.1) is 0 Å². The Morgan fingerprint density at radius 3 is 2.81 bits per heavy atom. The second kappa shape index (κ2) is 8.49. The van der Waals surface area contributed by atoms with Gasteiger partial charge in [-0.25, -0.2) is 4.99 Å². The van der Waals surface area contributed by atoms with Crippen molar-refractivity contribution < 1.29 is 0 Å².